The lowest BCUT2D eigenvalue weighted by molar-refractivity contribution is 0.660. The van der Waals surface area contributed by atoms with Crippen LogP contribution in [0, 0.1) is 0 Å². The molecule has 0 saturated carbocycles. The zero-order chi connectivity index (χ0) is 37.3. The summed E-state index contributed by atoms with van der Waals surface area (Å²) in [6.07, 6.45) is 0. The number of H-pyrrole nitrogens is 1. The molecule has 264 valence electrons. The van der Waals surface area contributed by atoms with Crippen LogP contribution in [0.3, 0.4) is 0 Å². The van der Waals surface area contributed by atoms with Crippen LogP contribution in [0.2, 0.25) is 0 Å². The van der Waals surface area contributed by atoms with Crippen molar-refractivity contribution in [3.8, 4) is 55.6 Å². The van der Waals surface area contributed by atoms with Crippen molar-refractivity contribution >= 4 is 43.7 Å². The molecule has 8 aromatic carbocycles. The van der Waals surface area contributed by atoms with E-state index in [0.29, 0.717) is 0 Å². The number of aromatic nitrogens is 1. The molecule has 1 N–H and O–H groups in total. The van der Waals surface area contributed by atoms with Crippen molar-refractivity contribution in [2.24, 2.45) is 0 Å². The second-order valence-electron chi connectivity index (χ2n) is 15.0. The normalized spacial score (nSPS) is 12.9. The van der Waals surface area contributed by atoms with Gasteiger partial charge >= 0.3 is 0 Å². The summed E-state index contributed by atoms with van der Waals surface area (Å²) in [5.41, 5.74) is 19.0. The summed E-state index contributed by atoms with van der Waals surface area (Å²) in [6.45, 7) is 8.71. The third-order valence-corrected chi connectivity index (χ3v) is 11.6. The average Bonchev–Trinajstić information content (AvgIpc) is 3.89. The molecule has 0 bridgehead atoms. The Morgan fingerprint density at radius 1 is 0.400 bits per heavy atom. The Kier molecular flexibility index (Phi) is 7.64. The van der Waals surface area contributed by atoms with Gasteiger partial charge in [-0.25, -0.2) is 0 Å². The molecule has 1 aliphatic rings. The third-order valence-electron chi connectivity index (χ3n) is 11.6. The summed E-state index contributed by atoms with van der Waals surface area (Å²) in [7, 11) is 0. The number of fused-ring (bicyclic) bond motifs is 9. The van der Waals surface area contributed by atoms with Crippen LogP contribution in [0.15, 0.2) is 174 Å². The number of hydrogen-bond donors (Lipinski definition) is 1. The van der Waals surface area contributed by atoms with Crippen LogP contribution in [0.4, 0.5) is 0 Å². The SMILES string of the molecule is CC.CC1(C)c2ccccc2-c2ccc(-c3cc(-c4ccccc4)cc(-c4cccc5c4[nH]c4ccc(-c6cccc7c6oc6ccccc67)cc45)c3)cc21. The monoisotopic (exact) mass is 707 g/mol. The van der Waals surface area contributed by atoms with E-state index in [4.69, 9.17) is 4.42 Å². The van der Waals surface area contributed by atoms with Gasteiger partial charge in [-0.1, -0.05) is 155 Å². The third kappa shape index (κ3) is 5.16. The maximum atomic E-state index is 6.44. The highest BCUT2D eigenvalue weighted by Gasteiger charge is 2.35. The topological polar surface area (TPSA) is 28.9 Å². The number of benzene rings is 8. The number of nitrogens with one attached hydrogen (secondary N) is 1. The van der Waals surface area contributed by atoms with Crippen molar-refractivity contribution in [3.05, 3.63) is 181 Å². The first kappa shape index (κ1) is 33.0. The Hall–Kier alpha value is -6.64. The number of furan rings is 1. The highest BCUT2D eigenvalue weighted by atomic mass is 16.3. The van der Waals surface area contributed by atoms with Crippen LogP contribution < -0.4 is 0 Å². The van der Waals surface area contributed by atoms with Gasteiger partial charge in [-0.05, 0) is 98.1 Å². The molecular weight excluding hydrogens is 667 g/mol. The molecule has 1 aliphatic carbocycles. The van der Waals surface area contributed by atoms with Crippen LogP contribution in [-0.2, 0) is 5.41 Å². The zero-order valence-electron chi connectivity index (χ0n) is 31.6. The lowest BCUT2D eigenvalue weighted by Crippen LogP contribution is -2.14. The first-order valence-corrected chi connectivity index (χ1v) is 19.4. The van der Waals surface area contributed by atoms with Gasteiger partial charge in [-0.3, -0.25) is 0 Å². The van der Waals surface area contributed by atoms with Gasteiger partial charge in [-0.15, -0.1) is 0 Å². The van der Waals surface area contributed by atoms with E-state index < -0.39 is 0 Å². The van der Waals surface area contributed by atoms with Gasteiger partial charge < -0.3 is 9.40 Å². The second-order valence-corrected chi connectivity index (χ2v) is 15.0. The van der Waals surface area contributed by atoms with Gasteiger partial charge in [-0.2, -0.15) is 0 Å². The van der Waals surface area contributed by atoms with E-state index in [-0.39, 0.29) is 5.41 Å². The second kappa shape index (κ2) is 12.7. The van der Waals surface area contributed by atoms with Crippen molar-refractivity contribution in [3.63, 3.8) is 0 Å². The summed E-state index contributed by atoms with van der Waals surface area (Å²) in [5, 5.41) is 4.70. The minimum absolute atomic E-state index is 0.0630. The van der Waals surface area contributed by atoms with E-state index in [9.17, 15) is 0 Å². The zero-order valence-corrected chi connectivity index (χ0v) is 31.6. The Bertz CT molecular complexity index is 3080. The molecule has 2 aromatic heterocycles. The van der Waals surface area contributed by atoms with Crippen molar-refractivity contribution in [2.45, 2.75) is 33.1 Å². The summed E-state index contributed by atoms with van der Waals surface area (Å²) >= 11 is 0. The highest BCUT2D eigenvalue weighted by molar-refractivity contribution is 6.14. The van der Waals surface area contributed by atoms with E-state index >= 15 is 0 Å². The number of rotatable bonds is 4. The minimum Gasteiger partial charge on any atom is -0.455 e. The molecule has 2 heteroatoms. The van der Waals surface area contributed by atoms with Gasteiger partial charge in [0.1, 0.15) is 11.2 Å². The molecule has 10 aromatic rings. The van der Waals surface area contributed by atoms with Crippen molar-refractivity contribution in [1.82, 2.24) is 4.98 Å². The van der Waals surface area contributed by atoms with Gasteiger partial charge in [0, 0.05) is 43.6 Å². The number of aromatic amines is 1. The van der Waals surface area contributed by atoms with E-state index in [1.165, 1.54) is 66.4 Å². The molecule has 0 radical (unpaired) electrons. The molecule has 0 atom stereocenters. The van der Waals surface area contributed by atoms with Gasteiger partial charge in [0.15, 0.2) is 0 Å². The van der Waals surface area contributed by atoms with Crippen LogP contribution >= 0.6 is 0 Å². The molecule has 0 aliphatic heterocycles. The molecule has 2 heterocycles. The first-order chi connectivity index (χ1) is 27.0. The molecule has 55 heavy (non-hydrogen) atoms. The fourth-order valence-corrected chi connectivity index (χ4v) is 8.94. The van der Waals surface area contributed by atoms with Gasteiger partial charge in [0.2, 0.25) is 0 Å². The molecule has 0 saturated heterocycles. The van der Waals surface area contributed by atoms with E-state index in [0.717, 1.165) is 44.1 Å². The van der Waals surface area contributed by atoms with Crippen LogP contribution in [0.5, 0.6) is 0 Å². The number of para-hydroxylation sites is 3. The predicted octanol–water partition coefficient (Wildman–Crippen LogP) is 15.2. The molecule has 0 fully saturated rings. The smallest absolute Gasteiger partial charge is 0.143 e. The first-order valence-electron chi connectivity index (χ1n) is 19.4. The fourth-order valence-electron chi connectivity index (χ4n) is 8.94. The van der Waals surface area contributed by atoms with Crippen LogP contribution in [-0.4, -0.2) is 4.98 Å². The lowest BCUT2D eigenvalue weighted by atomic mass is 9.81. The van der Waals surface area contributed by atoms with E-state index in [2.05, 4.69) is 177 Å². The molecule has 0 unspecified atom stereocenters. The molecular formula is C53H41NO. The van der Waals surface area contributed by atoms with Gasteiger partial charge in [0.05, 0.1) is 5.52 Å². The van der Waals surface area contributed by atoms with Crippen LogP contribution in [0.1, 0.15) is 38.8 Å². The Morgan fingerprint density at radius 2 is 1.04 bits per heavy atom. The summed E-state index contributed by atoms with van der Waals surface area (Å²) in [6, 6.07) is 61.9. The van der Waals surface area contributed by atoms with Crippen molar-refractivity contribution in [1.29, 1.82) is 0 Å². The highest BCUT2D eigenvalue weighted by Crippen LogP contribution is 2.50. The fraction of sp³-hybridized carbons (Fsp3) is 0.0943. The van der Waals surface area contributed by atoms with Crippen LogP contribution in [0.25, 0.3) is 99.4 Å². The summed E-state index contributed by atoms with van der Waals surface area (Å²) in [5.74, 6) is 0. The Labute approximate surface area is 321 Å². The number of hydrogen-bond acceptors (Lipinski definition) is 1. The lowest BCUT2D eigenvalue weighted by Gasteiger charge is -2.22. The van der Waals surface area contributed by atoms with Gasteiger partial charge in [0.25, 0.3) is 0 Å². The minimum atomic E-state index is -0.0630. The maximum Gasteiger partial charge on any atom is 0.143 e. The molecule has 0 spiro atoms. The maximum absolute atomic E-state index is 6.44. The summed E-state index contributed by atoms with van der Waals surface area (Å²) < 4.78 is 6.44. The standard InChI is InChI=1S/C51H35NO.C2H6/c1-51(2)45-20-8-6-14-39(45)40-24-22-32(30-46(40)51)35-26-34(31-12-4-3-5-13-31)27-36(28-35)37-16-10-18-42-44-29-33(23-25-47(44)52-49(37)42)38-17-11-19-43-41-15-7-9-21-48(41)53-50(38)43;1-2/h3-30,52H,1-2H3;1-2H3. The predicted molar refractivity (Wildman–Crippen MR) is 234 cm³/mol. The molecule has 0 amide bonds. The molecule has 2 nitrogen and oxygen atoms in total. The van der Waals surface area contributed by atoms with Crippen molar-refractivity contribution < 1.29 is 4.42 Å². The average molecular weight is 708 g/mol. The summed E-state index contributed by atoms with van der Waals surface area (Å²) in [4.78, 5) is 3.83. The Morgan fingerprint density at radius 3 is 1.89 bits per heavy atom. The molecule has 11 rings (SSSR count). The largest absolute Gasteiger partial charge is 0.455 e. The Balaban J connectivity index is 0.00000183. The quantitative estimate of drug-likeness (QED) is 0.194. The van der Waals surface area contributed by atoms with E-state index in [1.807, 2.05) is 26.0 Å². The van der Waals surface area contributed by atoms with Crippen molar-refractivity contribution in [2.75, 3.05) is 0 Å². The van der Waals surface area contributed by atoms with E-state index in [1.54, 1.807) is 0 Å².